The quantitative estimate of drug-likeness (QED) is 0.761. The van der Waals surface area contributed by atoms with Crippen LogP contribution in [0.25, 0.3) is 0 Å². The first kappa shape index (κ1) is 20.1. The molecule has 3 rings (SSSR count). The van der Waals surface area contributed by atoms with Crippen molar-refractivity contribution in [1.82, 2.24) is 15.5 Å². The van der Waals surface area contributed by atoms with Crippen molar-refractivity contribution >= 4 is 18.0 Å². The summed E-state index contributed by atoms with van der Waals surface area (Å²) >= 11 is 0. The number of hydrogen-bond acceptors (Lipinski definition) is 4. The number of allylic oxidation sites excluding steroid dienone is 1. The second-order valence-electron chi connectivity index (χ2n) is 6.52. The van der Waals surface area contributed by atoms with Crippen LogP contribution in [0.5, 0.6) is 0 Å². The molecule has 0 spiro atoms. The average Bonchev–Trinajstić information content (AvgIpc) is 2.73. The minimum Gasteiger partial charge on any atom is -0.463 e. The molecule has 1 heterocycles. The number of benzene rings is 2. The third-order valence-electron chi connectivity index (χ3n) is 4.56. The highest BCUT2D eigenvalue weighted by atomic mass is 16.5. The Morgan fingerprint density at radius 3 is 2.31 bits per heavy atom. The summed E-state index contributed by atoms with van der Waals surface area (Å²) < 4.78 is 5.19. The maximum atomic E-state index is 13.0. The first-order valence-corrected chi connectivity index (χ1v) is 9.37. The number of rotatable bonds is 5. The number of urea groups is 2. The summed E-state index contributed by atoms with van der Waals surface area (Å²) in [6.07, 6.45) is 0. The van der Waals surface area contributed by atoms with Gasteiger partial charge >= 0.3 is 18.0 Å². The van der Waals surface area contributed by atoms with Gasteiger partial charge < -0.3 is 15.4 Å². The van der Waals surface area contributed by atoms with Crippen LogP contribution >= 0.6 is 0 Å². The highest BCUT2D eigenvalue weighted by Crippen LogP contribution is 2.34. The van der Waals surface area contributed by atoms with Crippen molar-refractivity contribution < 1.29 is 19.1 Å². The monoisotopic (exact) mass is 393 g/mol. The van der Waals surface area contributed by atoms with E-state index < -0.39 is 24.1 Å². The zero-order valence-corrected chi connectivity index (χ0v) is 16.3. The molecular weight excluding hydrogens is 370 g/mol. The Morgan fingerprint density at radius 2 is 1.69 bits per heavy atom. The molecule has 0 radical (unpaired) electrons. The molecule has 1 aliphatic heterocycles. The van der Waals surface area contributed by atoms with E-state index in [9.17, 15) is 14.4 Å². The SMILES string of the molecule is CCOC(=O)C1=C(C)NC(=O)N(C(=O)NCc2ccccc2)C1c1ccccc1. The first-order chi connectivity index (χ1) is 14.0. The lowest BCUT2D eigenvalue weighted by molar-refractivity contribution is -0.139. The van der Waals surface area contributed by atoms with E-state index in [2.05, 4.69) is 10.6 Å². The topological polar surface area (TPSA) is 87.7 Å². The Bertz CT molecular complexity index is 926. The molecule has 0 aromatic heterocycles. The molecule has 1 atom stereocenters. The van der Waals surface area contributed by atoms with Gasteiger partial charge in [0.2, 0.25) is 0 Å². The molecule has 1 aliphatic rings. The van der Waals surface area contributed by atoms with Crippen molar-refractivity contribution in [3.05, 3.63) is 83.1 Å². The van der Waals surface area contributed by atoms with Crippen molar-refractivity contribution in [2.24, 2.45) is 0 Å². The number of nitrogens with zero attached hydrogens (tertiary/aromatic N) is 1. The molecule has 7 nitrogen and oxygen atoms in total. The van der Waals surface area contributed by atoms with Crippen molar-refractivity contribution in [2.75, 3.05) is 6.61 Å². The molecule has 29 heavy (non-hydrogen) atoms. The zero-order chi connectivity index (χ0) is 20.8. The van der Waals surface area contributed by atoms with Crippen LogP contribution in [0.2, 0.25) is 0 Å². The maximum absolute atomic E-state index is 13.0. The van der Waals surface area contributed by atoms with E-state index in [1.54, 1.807) is 38.1 Å². The summed E-state index contributed by atoms with van der Waals surface area (Å²) in [4.78, 5) is 39.4. The van der Waals surface area contributed by atoms with Crippen molar-refractivity contribution in [2.45, 2.75) is 26.4 Å². The van der Waals surface area contributed by atoms with Crippen LogP contribution in [0.1, 0.15) is 31.0 Å². The highest BCUT2D eigenvalue weighted by molar-refractivity contribution is 6.01. The lowest BCUT2D eigenvalue weighted by Crippen LogP contribution is -2.54. The second kappa shape index (κ2) is 9.05. The van der Waals surface area contributed by atoms with Crippen molar-refractivity contribution in [3.8, 4) is 0 Å². The standard InChI is InChI=1S/C22H23N3O4/c1-3-29-20(26)18-15(2)24-22(28)25(19(18)17-12-8-5-9-13-17)21(27)23-14-16-10-6-4-7-11-16/h4-13,19H,3,14H2,1-2H3,(H,23,27)(H,24,28). The van der Waals surface area contributed by atoms with Crippen LogP contribution in [0.3, 0.4) is 0 Å². The summed E-state index contributed by atoms with van der Waals surface area (Å²) in [6, 6.07) is 16.2. The zero-order valence-electron chi connectivity index (χ0n) is 16.3. The van der Waals surface area contributed by atoms with Crippen LogP contribution in [0.15, 0.2) is 71.9 Å². The van der Waals surface area contributed by atoms with Gasteiger partial charge in [-0.2, -0.15) is 0 Å². The van der Waals surface area contributed by atoms with E-state index in [-0.39, 0.29) is 18.7 Å². The molecule has 0 aliphatic carbocycles. The lowest BCUT2D eigenvalue weighted by atomic mass is 9.94. The first-order valence-electron chi connectivity index (χ1n) is 9.37. The molecule has 1 unspecified atom stereocenters. The van der Waals surface area contributed by atoms with E-state index in [0.717, 1.165) is 10.5 Å². The molecular formula is C22H23N3O4. The van der Waals surface area contributed by atoms with Crippen molar-refractivity contribution in [3.63, 3.8) is 0 Å². The third kappa shape index (κ3) is 4.45. The predicted octanol–water partition coefficient (Wildman–Crippen LogP) is 3.50. The van der Waals surface area contributed by atoms with E-state index >= 15 is 0 Å². The van der Waals surface area contributed by atoms with Crippen molar-refractivity contribution in [1.29, 1.82) is 0 Å². The van der Waals surface area contributed by atoms with E-state index in [1.165, 1.54) is 0 Å². The van der Waals surface area contributed by atoms with E-state index in [4.69, 9.17) is 4.74 Å². The molecule has 150 valence electrons. The van der Waals surface area contributed by atoms with Gasteiger partial charge in [-0.3, -0.25) is 0 Å². The van der Waals surface area contributed by atoms with Crippen LogP contribution in [-0.2, 0) is 16.1 Å². The Balaban J connectivity index is 1.95. The number of nitrogens with one attached hydrogen (secondary N) is 2. The number of hydrogen-bond donors (Lipinski definition) is 2. The maximum Gasteiger partial charge on any atom is 0.338 e. The molecule has 2 aromatic rings. The fourth-order valence-corrected chi connectivity index (χ4v) is 3.23. The Hall–Kier alpha value is -3.61. The second-order valence-corrected chi connectivity index (χ2v) is 6.52. The largest absolute Gasteiger partial charge is 0.463 e. The Labute approximate surface area is 169 Å². The molecule has 0 fully saturated rings. The molecule has 4 amide bonds. The van der Waals surface area contributed by atoms with Gasteiger partial charge in [0.05, 0.1) is 12.2 Å². The molecule has 0 bridgehead atoms. The fourth-order valence-electron chi connectivity index (χ4n) is 3.23. The smallest absolute Gasteiger partial charge is 0.338 e. The van der Waals surface area contributed by atoms with Crippen LogP contribution in [-0.4, -0.2) is 29.5 Å². The Kier molecular flexibility index (Phi) is 6.29. The summed E-state index contributed by atoms with van der Waals surface area (Å²) in [6.45, 7) is 3.77. The average molecular weight is 393 g/mol. The minimum atomic E-state index is -0.889. The highest BCUT2D eigenvalue weighted by Gasteiger charge is 2.41. The van der Waals surface area contributed by atoms with Crippen LogP contribution in [0, 0.1) is 0 Å². The summed E-state index contributed by atoms with van der Waals surface area (Å²) in [7, 11) is 0. The summed E-state index contributed by atoms with van der Waals surface area (Å²) in [5.41, 5.74) is 2.13. The minimum absolute atomic E-state index is 0.186. The number of ether oxygens (including phenoxy) is 1. The number of amides is 4. The van der Waals surface area contributed by atoms with Gasteiger partial charge in [0.1, 0.15) is 6.04 Å². The molecule has 0 saturated heterocycles. The predicted molar refractivity (Wildman–Crippen MR) is 108 cm³/mol. The lowest BCUT2D eigenvalue weighted by Gasteiger charge is -2.36. The molecule has 0 saturated carbocycles. The van der Waals surface area contributed by atoms with Gasteiger partial charge in [-0.25, -0.2) is 19.3 Å². The van der Waals surface area contributed by atoms with Gasteiger partial charge in [0.25, 0.3) is 0 Å². The number of carbonyl (C=O) groups excluding carboxylic acids is 3. The van der Waals surface area contributed by atoms with E-state index in [1.807, 2.05) is 36.4 Å². The van der Waals surface area contributed by atoms with Gasteiger partial charge in [-0.1, -0.05) is 60.7 Å². The summed E-state index contributed by atoms with van der Waals surface area (Å²) in [5, 5.41) is 5.36. The van der Waals surface area contributed by atoms with Gasteiger partial charge in [-0.05, 0) is 25.0 Å². The molecule has 7 heteroatoms. The van der Waals surface area contributed by atoms with Crippen LogP contribution in [0.4, 0.5) is 9.59 Å². The van der Waals surface area contributed by atoms with Gasteiger partial charge in [0.15, 0.2) is 0 Å². The normalized spacial score (nSPS) is 16.3. The van der Waals surface area contributed by atoms with Crippen LogP contribution < -0.4 is 10.6 Å². The number of imide groups is 1. The fraction of sp³-hybridized carbons (Fsp3) is 0.227. The molecule has 2 N–H and O–H groups in total. The molecule has 2 aromatic carbocycles. The van der Waals surface area contributed by atoms with Gasteiger partial charge in [-0.15, -0.1) is 0 Å². The number of esters is 1. The number of carbonyl (C=O) groups is 3. The third-order valence-corrected chi connectivity index (χ3v) is 4.56. The van der Waals surface area contributed by atoms with E-state index in [0.29, 0.717) is 11.3 Å². The summed E-state index contributed by atoms with van der Waals surface area (Å²) in [5.74, 6) is -0.570. The Morgan fingerprint density at radius 1 is 1.07 bits per heavy atom. The van der Waals surface area contributed by atoms with Gasteiger partial charge in [0, 0.05) is 12.2 Å².